The van der Waals surface area contributed by atoms with Crippen molar-refractivity contribution < 1.29 is 9.59 Å². The number of hydrogen-bond donors (Lipinski definition) is 3. The van der Waals surface area contributed by atoms with Crippen molar-refractivity contribution in [3.8, 4) is 0 Å². The van der Waals surface area contributed by atoms with Gasteiger partial charge >= 0.3 is 0 Å². The lowest BCUT2D eigenvalue weighted by Gasteiger charge is -2.07. The molecule has 4 N–H and O–H groups in total. The van der Waals surface area contributed by atoms with E-state index in [9.17, 15) is 9.59 Å². The van der Waals surface area contributed by atoms with Crippen molar-refractivity contribution in [1.29, 1.82) is 0 Å². The standard InChI is InChI=1S/C15H13N3O2/c16-11-2-4-12(5-3-11)17-15(20)9-1-6-13-10(7-9)8-14(19)18-13/h1-7H,8,16H2,(H,17,20)(H,18,19). The van der Waals surface area contributed by atoms with Gasteiger partial charge in [0.15, 0.2) is 0 Å². The highest BCUT2D eigenvalue weighted by atomic mass is 16.2. The molecule has 0 saturated carbocycles. The summed E-state index contributed by atoms with van der Waals surface area (Å²) in [6.45, 7) is 0. The summed E-state index contributed by atoms with van der Waals surface area (Å²) in [6.07, 6.45) is 0.318. The Morgan fingerprint density at radius 2 is 1.90 bits per heavy atom. The average molecular weight is 267 g/mol. The first-order chi connectivity index (χ1) is 9.61. The Morgan fingerprint density at radius 1 is 1.15 bits per heavy atom. The van der Waals surface area contributed by atoms with E-state index in [-0.39, 0.29) is 11.8 Å². The predicted octanol–water partition coefficient (Wildman–Crippen LogP) is 2.02. The Hall–Kier alpha value is -2.82. The Balaban J connectivity index is 1.79. The van der Waals surface area contributed by atoms with E-state index in [1.165, 1.54) is 0 Å². The van der Waals surface area contributed by atoms with Crippen LogP contribution in [0.4, 0.5) is 17.1 Å². The molecular weight excluding hydrogens is 254 g/mol. The van der Waals surface area contributed by atoms with Gasteiger partial charge < -0.3 is 16.4 Å². The number of rotatable bonds is 2. The molecule has 2 aromatic carbocycles. The molecule has 0 aromatic heterocycles. The number of nitrogen functional groups attached to an aromatic ring is 1. The van der Waals surface area contributed by atoms with E-state index in [4.69, 9.17) is 5.73 Å². The van der Waals surface area contributed by atoms with E-state index in [1.807, 2.05) is 0 Å². The van der Waals surface area contributed by atoms with Crippen LogP contribution in [-0.2, 0) is 11.2 Å². The summed E-state index contributed by atoms with van der Waals surface area (Å²) in [5.74, 6) is -0.256. The summed E-state index contributed by atoms with van der Waals surface area (Å²) in [6, 6.07) is 12.1. The molecule has 2 amide bonds. The highest BCUT2D eigenvalue weighted by Gasteiger charge is 2.19. The number of carbonyl (C=O) groups is 2. The first-order valence-electron chi connectivity index (χ1n) is 6.21. The fourth-order valence-corrected chi connectivity index (χ4v) is 2.14. The molecule has 0 atom stereocenters. The lowest BCUT2D eigenvalue weighted by atomic mass is 10.1. The molecule has 0 aliphatic carbocycles. The molecule has 1 heterocycles. The molecule has 0 unspecified atom stereocenters. The van der Waals surface area contributed by atoms with Gasteiger partial charge in [-0.25, -0.2) is 0 Å². The van der Waals surface area contributed by atoms with Crippen LogP contribution >= 0.6 is 0 Å². The van der Waals surface area contributed by atoms with Crippen molar-refractivity contribution in [1.82, 2.24) is 0 Å². The maximum absolute atomic E-state index is 12.1. The molecule has 20 heavy (non-hydrogen) atoms. The van der Waals surface area contributed by atoms with Crippen LogP contribution in [0, 0.1) is 0 Å². The predicted molar refractivity (Wildman–Crippen MR) is 77.6 cm³/mol. The van der Waals surface area contributed by atoms with Gasteiger partial charge in [0.1, 0.15) is 0 Å². The second kappa shape index (κ2) is 4.70. The number of carbonyl (C=O) groups excluding carboxylic acids is 2. The van der Waals surface area contributed by atoms with E-state index < -0.39 is 0 Å². The van der Waals surface area contributed by atoms with Crippen LogP contribution in [0.1, 0.15) is 15.9 Å². The van der Waals surface area contributed by atoms with E-state index in [0.717, 1.165) is 11.3 Å². The van der Waals surface area contributed by atoms with Gasteiger partial charge in [0.05, 0.1) is 6.42 Å². The molecule has 1 aliphatic heterocycles. The number of amides is 2. The lowest BCUT2D eigenvalue weighted by molar-refractivity contribution is -0.115. The summed E-state index contributed by atoms with van der Waals surface area (Å²) in [5.41, 5.74) is 9.06. The highest BCUT2D eigenvalue weighted by molar-refractivity contribution is 6.06. The van der Waals surface area contributed by atoms with Crippen molar-refractivity contribution >= 4 is 28.9 Å². The maximum Gasteiger partial charge on any atom is 0.255 e. The number of nitrogens with two attached hydrogens (primary N) is 1. The number of nitrogens with one attached hydrogen (secondary N) is 2. The monoisotopic (exact) mass is 267 g/mol. The van der Waals surface area contributed by atoms with Gasteiger partial charge in [0.25, 0.3) is 5.91 Å². The van der Waals surface area contributed by atoms with Crippen molar-refractivity contribution in [3.05, 3.63) is 53.6 Å². The molecule has 0 spiro atoms. The van der Waals surface area contributed by atoms with Crippen LogP contribution in [0.25, 0.3) is 0 Å². The van der Waals surface area contributed by atoms with Crippen LogP contribution < -0.4 is 16.4 Å². The van der Waals surface area contributed by atoms with E-state index >= 15 is 0 Å². The van der Waals surface area contributed by atoms with Gasteiger partial charge in [-0.1, -0.05) is 0 Å². The zero-order valence-electron chi connectivity index (χ0n) is 10.6. The molecule has 3 rings (SSSR count). The van der Waals surface area contributed by atoms with Crippen molar-refractivity contribution in [2.24, 2.45) is 0 Å². The first kappa shape index (κ1) is 12.2. The van der Waals surface area contributed by atoms with Crippen LogP contribution in [0.15, 0.2) is 42.5 Å². The van der Waals surface area contributed by atoms with Gasteiger partial charge in [0, 0.05) is 22.6 Å². The minimum Gasteiger partial charge on any atom is -0.399 e. The lowest BCUT2D eigenvalue weighted by Crippen LogP contribution is -2.12. The fourth-order valence-electron chi connectivity index (χ4n) is 2.14. The van der Waals surface area contributed by atoms with E-state index in [0.29, 0.717) is 23.4 Å². The summed E-state index contributed by atoms with van der Waals surface area (Å²) in [4.78, 5) is 23.4. The molecular formula is C15H13N3O2. The zero-order valence-corrected chi connectivity index (χ0v) is 10.6. The fraction of sp³-hybridized carbons (Fsp3) is 0.0667. The molecule has 0 radical (unpaired) electrons. The summed E-state index contributed by atoms with van der Waals surface area (Å²) >= 11 is 0. The molecule has 1 aliphatic rings. The number of anilines is 3. The SMILES string of the molecule is Nc1ccc(NC(=O)c2ccc3c(c2)CC(=O)N3)cc1. The Bertz CT molecular complexity index is 693. The van der Waals surface area contributed by atoms with Crippen LogP contribution in [0.3, 0.4) is 0 Å². The quantitative estimate of drug-likeness (QED) is 0.728. The summed E-state index contributed by atoms with van der Waals surface area (Å²) in [7, 11) is 0. The normalized spacial score (nSPS) is 12.7. The smallest absolute Gasteiger partial charge is 0.255 e. The molecule has 0 saturated heterocycles. The second-order valence-corrected chi connectivity index (χ2v) is 4.67. The minimum absolute atomic E-state index is 0.0453. The number of benzene rings is 2. The zero-order chi connectivity index (χ0) is 14.1. The first-order valence-corrected chi connectivity index (χ1v) is 6.21. The maximum atomic E-state index is 12.1. The molecule has 100 valence electrons. The van der Waals surface area contributed by atoms with Crippen molar-refractivity contribution in [2.75, 3.05) is 16.4 Å². The van der Waals surface area contributed by atoms with Crippen LogP contribution in [-0.4, -0.2) is 11.8 Å². The largest absolute Gasteiger partial charge is 0.399 e. The third-order valence-corrected chi connectivity index (χ3v) is 3.16. The number of hydrogen-bond acceptors (Lipinski definition) is 3. The minimum atomic E-state index is -0.211. The van der Waals surface area contributed by atoms with Crippen LogP contribution in [0.5, 0.6) is 0 Å². The summed E-state index contributed by atoms with van der Waals surface area (Å²) in [5, 5.41) is 5.52. The Morgan fingerprint density at radius 3 is 2.65 bits per heavy atom. The van der Waals surface area contributed by atoms with Crippen molar-refractivity contribution in [3.63, 3.8) is 0 Å². The molecule has 2 aromatic rings. The van der Waals surface area contributed by atoms with E-state index in [1.54, 1.807) is 42.5 Å². The van der Waals surface area contributed by atoms with Gasteiger partial charge in [-0.15, -0.1) is 0 Å². The topological polar surface area (TPSA) is 84.2 Å². The molecule has 0 bridgehead atoms. The van der Waals surface area contributed by atoms with Gasteiger partial charge in [-0.2, -0.15) is 0 Å². The van der Waals surface area contributed by atoms with Gasteiger partial charge in [-0.05, 0) is 48.0 Å². The molecule has 5 heteroatoms. The van der Waals surface area contributed by atoms with Gasteiger partial charge in [0.2, 0.25) is 5.91 Å². The second-order valence-electron chi connectivity index (χ2n) is 4.67. The molecule has 0 fully saturated rings. The van der Waals surface area contributed by atoms with Crippen LogP contribution in [0.2, 0.25) is 0 Å². The van der Waals surface area contributed by atoms with Gasteiger partial charge in [-0.3, -0.25) is 9.59 Å². The van der Waals surface area contributed by atoms with Crippen molar-refractivity contribution in [2.45, 2.75) is 6.42 Å². The third kappa shape index (κ3) is 2.33. The Kier molecular flexibility index (Phi) is 2.87. The third-order valence-electron chi connectivity index (χ3n) is 3.16. The average Bonchev–Trinajstić information content (AvgIpc) is 2.80. The number of fused-ring (bicyclic) bond motifs is 1. The summed E-state index contributed by atoms with van der Waals surface area (Å²) < 4.78 is 0. The molecule has 5 nitrogen and oxygen atoms in total. The Labute approximate surface area is 115 Å². The highest BCUT2D eigenvalue weighted by Crippen LogP contribution is 2.24. The van der Waals surface area contributed by atoms with E-state index in [2.05, 4.69) is 10.6 Å².